The number of anilines is 2. The highest BCUT2D eigenvalue weighted by Gasteiger charge is 2.18. The molecular weight excluding hydrogens is 555 g/mol. The first-order valence-corrected chi connectivity index (χ1v) is 13.7. The third kappa shape index (κ3) is 8.15. The summed E-state index contributed by atoms with van der Waals surface area (Å²) in [4.78, 5) is 50.8. The van der Waals surface area contributed by atoms with Gasteiger partial charge in [-0.05, 0) is 73.7 Å². The van der Waals surface area contributed by atoms with Crippen molar-refractivity contribution in [1.82, 2.24) is 5.32 Å². The van der Waals surface area contributed by atoms with E-state index >= 15 is 0 Å². The number of carbonyl (C=O) groups excluding carboxylic acids is 4. The second kappa shape index (κ2) is 13.9. The summed E-state index contributed by atoms with van der Waals surface area (Å²) in [5.74, 6) is -2.56. The molecule has 0 aliphatic rings. The Labute approximate surface area is 246 Å². The molecule has 0 aliphatic heterocycles. The molecule has 4 aromatic rings. The minimum atomic E-state index is -0.658. The van der Waals surface area contributed by atoms with Crippen LogP contribution in [-0.4, -0.2) is 28.9 Å². The van der Waals surface area contributed by atoms with Crippen LogP contribution in [0.2, 0.25) is 0 Å². The van der Waals surface area contributed by atoms with Gasteiger partial charge in [-0.1, -0.05) is 42.5 Å². The van der Waals surface area contributed by atoms with Gasteiger partial charge in [0.05, 0.1) is 5.25 Å². The molecule has 1 unspecified atom stereocenters. The summed E-state index contributed by atoms with van der Waals surface area (Å²) in [7, 11) is 0. The number of rotatable bonds is 10. The SMILES string of the molecule is CC(Sc1cccc(NC(=O)/C(=C/c2ccccc2F)NC(=O)c2ccccc2)c1)C(=O)Nc1ccc(C(N)=O)cc1. The summed E-state index contributed by atoms with van der Waals surface area (Å²) in [5, 5.41) is 7.61. The van der Waals surface area contributed by atoms with E-state index in [0.29, 0.717) is 27.4 Å². The largest absolute Gasteiger partial charge is 0.366 e. The maximum Gasteiger partial charge on any atom is 0.272 e. The predicted octanol–water partition coefficient (Wildman–Crippen LogP) is 5.45. The van der Waals surface area contributed by atoms with Crippen molar-refractivity contribution in [2.24, 2.45) is 5.73 Å². The number of primary amides is 1. The fraction of sp³-hybridized carbons (Fsp3) is 0.0625. The number of hydrogen-bond donors (Lipinski definition) is 4. The standard InChI is InChI=1S/C32H27FN4O4S/c1-20(30(39)35-24-16-14-21(15-17-24)29(34)38)42-26-12-7-11-25(19-26)36-32(41)28(18-23-10-5-6-13-27(23)33)37-31(40)22-8-3-2-4-9-22/h2-20H,1H3,(H2,34,38)(H,35,39)(H,36,41)(H,37,40)/b28-18-. The molecule has 212 valence electrons. The van der Waals surface area contributed by atoms with Gasteiger partial charge >= 0.3 is 0 Å². The highest BCUT2D eigenvalue weighted by Crippen LogP contribution is 2.27. The molecule has 0 saturated carbocycles. The maximum atomic E-state index is 14.4. The van der Waals surface area contributed by atoms with Crippen LogP contribution in [0.5, 0.6) is 0 Å². The van der Waals surface area contributed by atoms with Crippen LogP contribution in [-0.2, 0) is 9.59 Å². The molecule has 0 fully saturated rings. The lowest BCUT2D eigenvalue weighted by Gasteiger charge is -2.14. The number of nitrogens with one attached hydrogen (secondary N) is 3. The third-order valence-corrected chi connectivity index (χ3v) is 7.04. The quantitative estimate of drug-likeness (QED) is 0.146. The summed E-state index contributed by atoms with van der Waals surface area (Å²) in [5.41, 5.74) is 6.83. The van der Waals surface area contributed by atoms with Crippen LogP contribution in [0.1, 0.15) is 33.2 Å². The van der Waals surface area contributed by atoms with E-state index in [0.717, 1.165) is 0 Å². The number of halogens is 1. The molecule has 0 aliphatic carbocycles. The molecule has 1 atom stereocenters. The molecular formula is C32H27FN4O4S. The van der Waals surface area contributed by atoms with E-state index in [2.05, 4.69) is 16.0 Å². The van der Waals surface area contributed by atoms with Gasteiger partial charge in [-0.2, -0.15) is 0 Å². The normalized spacial score (nSPS) is 11.7. The monoisotopic (exact) mass is 582 g/mol. The zero-order chi connectivity index (χ0) is 30.1. The maximum absolute atomic E-state index is 14.4. The van der Waals surface area contributed by atoms with Crippen LogP contribution in [0.3, 0.4) is 0 Å². The number of hydrogen-bond acceptors (Lipinski definition) is 5. The second-order valence-corrected chi connectivity index (χ2v) is 10.5. The first kappa shape index (κ1) is 29.8. The van der Waals surface area contributed by atoms with Crippen molar-refractivity contribution in [3.8, 4) is 0 Å². The molecule has 4 rings (SSSR count). The Bertz CT molecular complexity index is 1640. The Morgan fingerprint density at radius 2 is 1.48 bits per heavy atom. The van der Waals surface area contributed by atoms with Crippen molar-refractivity contribution in [3.63, 3.8) is 0 Å². The molecule has 0 aromatic heterocycles. The number of benzene rings is 4. The van der Waals surface area contributed by atoms with Gasteiger partial charge in [0, 0.05) is 33.0 Å². The fourth-order valence-electron chi connectivity index (χ4n) is 3.76. The number of thioether (sulfide) groups is 1. The van der Waals surface area contributed by atoms with E-state index in [-0.39, 0.29) is 17.2 Å². The highest BCUT2D eigenvalue weighted by atomic mass is 32.2. The summed E-state index contributed by atoms with van der Waals surface area (Å²) in [6.45, 7) is 1.73. The van der Waals surface area contributed by atoms with E-state index in [4.69, 9.17) is 5.73 Å². The molecule has 5 N–H and O–H groups in total. The molecule has 4 amide bonds. The number of carbonyl (C=O) groups is 4. The van der Waals surface area contributed by atoms with Crippen molar-refractivity contribution in [3.05, 3.63) is 131 Å². The van der Waals surface area contributed by atoms with Gasteiger partial charge in [0.15, 0.2) is 0 Å². The van der Waals surface area contributed by atoms with Crippen LogP contribution in [0.4, 0.5) is 15.8 Å². The van der Waals surface area contributed by atoms with E-state index < -0.39 is 28.8 Å². The first-order chi connectivity index (χ1) is 20.2. The molecule has 0 saturated heterocycles. The van der Waals surface area contributed by atoms with Gasteiger partial charge in [-0.25, -0.2) is 4.39 Å². The minimum absolute atomic E-state index is 0.129. The Hall–Kier alpha value is -5.22. The molecule has 0 radical (unpaired) electrons. The summed E-state index contributed by atoms with van der Waals surface area (Å²) < 4.78 is 14.4. The molecule has 10 heteroatoms. The van der Waals surface area contributed by atoms with E-state index in [9.17, 15) is 23.6 Å². The lowest BCUT2D eigenvalue weighted by atomic mass is 10.1. The minimum Gasteiger partial charge on any atom is -0.366 e. The number of nitrogens with two attached hydrogens (primary N) is 1. The predicted molar refractivity (Wildman–Crippen MR) is 162 cm³/mol. The van der Waals surface area contributed by atoms with Gasteiger partial charge < -0.3 is 21.7 Å². The molecule has 8 nitrogen and oxygen atoms in total. The van der Waals surface area contributed by atoms with Crippen molar-refractivity contribution in [1.29, 1.82) is 0 Å². The second-order valence-electron chi connectivity index (χ2n) is 9.07. The lowest BCUT2D eigenvalue weighted by Crippen LogP contribution is -2.30. The van der Waals surface area contributed by atoms with Gasteiger partial charge in [0.1, 0.15) is 11.5 Å². The first-order valence-electron chi connectivity index (χ1n) is 12.8. The average Bonchev–Trinajstić information content (AvgIpc) is 2.98. The Kier molecular flexibility index (Phi) is 9.85. The molecule has 42 heavy (non-hydrogen) atoms. The molecule has 4 aromatic carbocycles. The van der Waals surface area contributed by atoms with E-state index in [1.54, 1.807) is 79.7 Å². The van der Waals surface area contributed by atoms with Gasteiger partial charge in [0.2, 0.25) is 11.8 Å². The molecule has 0 heterocycles. The van der Waals surface area contributed by atoms with E-state index in [1.807, 2.05) is 0 Å². The van der Waals surface area contributed by atoms with Gasteiger partial charge in [0.25, 0.3) is 11.8 Å². The van der Waals surface area contributed by atoms with Gasteiger partial charge in [-0.15, -0.1) is 11.8 Å². The van der Waals surface area contributed by atoms with Crippen molar-refractivity contribution in [2.45, 2.75) is 17.1 Å². The zero-order valence-corrected chi connectivity index (χ0v) is 23.3. The lowest BCUT2D eigenvalue weighted by molar-refractivity contribution is -0.115. The van der Waals surface area contributed by atoms with Crippen molar-refractivity contribution < 1.29 is 23.6 Å². The van der Waals surface area contributed by atoms with Crippen LogP contribution in [0.15, 0.2) is 114 Å². The van der Waals surface area contributed by atoms with Crippen molar-refractivity contribution >= 4 is 52.8 Å². The summed E-state index contributed by atoms with van der Waals surface area (Å²) >= 11 is 1.27. The van der Waals surface area contributed by atoms with Crippen LogP contribution >= 0.6 is 11.8 Å². The van der Waals surface area contributed by atoms with Gasteiger partial charge in [-0.3, -0.25) is 19.2 Å². The molecule has 0 bridgehead atoms. The summed E-state index contributed by atoms with van der Waals surface area (Å²) in [6, 6.07) is 27.3. The Morgan fingerprint density at radius 1 is 0.786 bits per heavy atom. The van der Waals surface area contributed by atoms with Crippen LogP contribution in [0.25, 0.3) is 6.08 Å². The Balaban J connectivity index is 1.46. The number of amides is 4. The Morgan fingerprint density at radius 3 is 2.17 bits per heavy atom. The van der Waals surface area contributed by atoms with Crippen LogP contribution in [0, 0.1) is 5.82 Å². The topological polar surface area (TPSA) is 130 Å². The average molecular weight is 583 g/mol. The smallest absolute Gasteiger partial charge is 0.272 e. The fourth-order valence-corrected chi connectivity index (χ4v) is 4.68. The summed E-state index contributed by atoms with van der Waals surface area (Å²) in [6.07, 6.45) is 1.27. The zero-order valence-electron chi connectivity index (χ0n) is 22.5. The molecule has 0 spiro atoms. The third-order valence-electron chi connectivity index (χ3n) is 5.94. The van der Waals surface area contributed by atoms with Crippen molar-refractivity contribution in [2.75, 3.05) is 10.6 Å². The van der Waals surface area contributed by atoms with E-state index in [1.165, 1.54) is 48.2 Å². The van der Waals surface area contributed by atoms with Crippen LogP contribution < -0.4 is 21.7 Å². The highest BCUT2D eigenvalue weighted by molar-refractivity contribution is 8.00.